The van der Waals surface area contributed by atoms with Crippen molar-refractivity contribution in [2.24, 2.45) is 0 Å². The second-order valence-corrected chi connectivity index (χ2v) is 8.94. The van der Waals surface area contributed by atoms with Crippen molar-refractivity contribution in [2.75, 3.05) is 11.9 Å². The Bertz CT molecular complexity index is 1100. The maximum absolute atomic E-state index is 13.4. The molecule has 0 spiro atoms. The Hall–Kier alpha value is -3.49. The van der Waals surface area contributed by atoms with Gasteiger partial charge >= 0.3 is 0 Å². The van der Waals surface area contributed by atoms with E-state index in [2.05, 4.69) is 15.6 Å². The summed E-state index contributed by atoms with van der Waals surface area (Å²) in [5.74, 6) is -1.17. The van der Waals surface area contributed by atoms with E-state index in [-0.39, 0.29) is 35.7 Å². The Morgan fingerprint density at radius 2 is 1.82 bits per heavy atom. The highest BCUT2D eigenvalue weighted by Gasteiger charge is 2.48. The number of carbonyl (C=O) groups is 4. The third-order valence-electron chi connectivity index (χ3n) is 6.62. The number of carbonyl (C=O) groups excluding carboxylic acids is 4. The van der Waals surface area contributed by atoms with Crippen LogP contribution < -0.4 is 10.6 Å². The van der Waals surface area contributed by atoms with Crippen molar-refractivity contribution < 1.29 is 19.2 Å². The highest BCUT2D eigenvalue weighted by Crippen LogP contribution is 2.30. The molecule has 9 heteroatoms. The Kier molecular flexibility index (Phi) is 6.05. The van der Waals surface area contributed by atoms with E-state index in [4.69, 9.17) is 0 Å². The highest BCUT2D eigenvalue weighted by molar-refractivity contribution is 6.11. The number of likely N-dealkylation sites (N-methyl/N-ethyl adjacent to an activating group) is 1. The average Bonchev–Trinajstić information content (AvgIpc) is 3.44. The van der Waals surface area contributed by atoms with Crippen molar-refractivity contribution in [2.45, 2.75) is 64.6 Å². The molecule has 4 rings (SSSR count). The number of amides is 3. The molecule has 1 aromatic carbocycles. The largest absolute Gasteiger partial charge is 0.351 e. The van der Waals surface area contributed by atoms with Gasteiger partial charge in [0.15, 0.2) is 11.5 Å². The Labute approximate surface area is 192 Å². The number of imidazole rings is 1. The second kappa shape index (κ2) is 8.80. The third-order valence-corrected chi connectivity index (χ3v) is 6.62. The van der Waals surface area contributed by atoms with Gasteiger partial charge in [-0.1, -0.05) is 12.8 Å². The lowest BCUT2D eigenvalue weighted by molar-refractivity contribution is -0.133. The lowest BCUT2D eigenvalue weighted by Gasteiger charge is -2.43. The summed E-state index contributed by atoms with van der Waals surface area (Å²) in [5.41, 5.74) is 0.130. The molecule has 2 aromatic rings. The van der Waals surface area contributed by atoms with Crippen LogP contribution in [0, 0.1) is 0 Å². The smallest absolute Gasteiger partial charge is 0.276 e. The number of benzene rings is 1. The van der Waals surface area contributed by atoms with E-state index in [0.717, 1.165) is 25.7 Å². The maximum Gasteiger partial charge on any atom is 0.276 e. The Morgan fingerprint density at radius 3 is 2.42 bits per heavy atom. The number of nitrogens with one attached hydrogen (secondary N) is 2. The summed E-state index contributed by atoms with van der Waals surface area (Å²) in [6.45, 7) is 5.59. The van der Waals surface area contributed by atoms with Gasteiger partial charge in [0.1, 0.15) is 11.2 Å². The number of nitrogens with zero attached hydrogens (tertiary/aromatic N) is 3. The van der Waals surface area contributed by atoms with Crippen molar-refractivity contribution >= 4 is 29.2 Å². The van der Waals surface area contributed by atoms with Crippen LogP contribution in [0.4, 0.5) is 5.69 Å². The molecule has 2 N–H and O–H groups in total. The summed E-state index contributed by atoms with van der Waals surface area (Å²) < 4.78 is 1.59. The van der Waals surface area contributed by atoms with Crippen LogP contribution in [0.5, 0.6) is 0 Å². The molecule has 1 saturated carbocycles. The van der Waals surface area contributed by atoms with Crippen LogP contribution in [-0.4, -0.2) is 56.1 Å². The quantitative estimate of drug-likeness (QED) is 0.656. The zero-order chi connectivity index (χ0) is 23.8. The van der Waals surface area contributed by atoms with Crippen LogP contribution >= 0.6 is 0 Å². The van der Waals surface area contributed by atoms with Gasteiger partial charge in [-0.15, -0.1) is 0 Å². The number of Topliss-reactive ketones (excluding diaryl/α,β-unsaturated/α-hetero) is 1. The fraction of sp³-hybridized carbons (Fsp3) is 0.458. The monoisotopic (exact) mass is 451 g/mol. The first-order valence-corrected chi connectivity index (χ1v) is 11.3. The van der Waals surface area contributed by atoms with E-state index in [1.807, 2.05) is 6.92 Å². The molecule has 0 unspecified atom stereocenters. The van der Waals surface area contributed by atoms with Crippen LogP contribution in [0.15, 0.2) is 30.6 Å². The van der Waals surface area contributed by atoms with Gasteiger partial charge in [-0.25, -0.2) is 4.98 Å². The van der Waals surface area contributed by atoms with Gasteiger partial charge < -0.3 is 20.1 Å². The molecule has 0 radical (unpaired) electrons. The minimum Gasteiger partial charge on any atom is -0.351 e. The fourth-order valence-corrected chi connectivity index (χ4v) is 4.74. The molecule has 33 heavy (non-hydrogen) atoms. The highest BCUT2D eigenvalue weighted by atomic mass is 16.2. The number of hydrogen-bond acceptors (Lipinski definition) is 5. The van der Waals surface area contributed by atoms with Crippen LogP contribution in [-0.2, 0) is 11.3 Å². The molecule has 1 aromatic heterocycles. The molecule has 0 saturated heterocycles. The Balaban J connectivity index is 1.57. The number of aromatic nitrogens is 2. The molecule has 9 nitrogen and oxygen atoms in total. The van der Waals surface area contributed by atoms with Gasteiger partial charge in [0, 0.05) is 23.8 Å². The van der Waals surface area contributed by atoms with E-state index in [0.29, 0.717) is 17.8 Å². The second-order valence-electron chi connectivity index (χ2n) is 8.94. The van der Waals surface area contributed by atoms with Gasteiger partial charge in [0.05, 0.1) is 12.9 Å². The molecule has 1 atom stereocenters. The lowest BCUT2D eigenvalue weighted by atomic mass is 9.94. The molecule has 3 amide bonds. The minimum absolute atomic E-state index is 0.00680. The van der Waals surface area contributed by atoms with Crippen LogP contribution in [0.2, 0.25) is 0 Å². The normalized spacial score (nSPS) is 20.5. The van der Waals surface area contributed by atoms with E-state index in [9.17, 15) is 19.2 Å². The zero-order valence-electron chi connectivity index (χ0n) is 19.2. The molecule has 1 aliphatic heterocycles. The van der Waals surface area contributed by atoms with E-state index < -0.39 is 17.4 Å². The first-order chi connectivity index (χ1) is 15.7. The molecular formula is C24H29N5O4. The van der Waals surface area contributed by atoms with Gasteiger partial charge in [-0.2, -0.15) is 0 Å². The van der Waals surface area contributed by atoms with E-state index in [1.165, 1.54) is 18.2 Å². The summed E-state index contributed by atoms with van der Waals surface area (Å²) >= 11 is 0. The molecular weight excluding hydrogens is 422 g/mol. The summed E-state index contributed by atoms with van der Waals surface area (Å²) in [5, 5.41) is 5.84. The van der Waals surface area contributed by atoms with Crippen molar-refractivity contribution in [3.8, 4) is 0 Å². The van der Waals surface area contributed by atoms with Crippen molar-refractivity contribution in [3.05, 3.63) is 47.5 Å². The molecule has 2 aliphatic rings. The fourth-order valence-electron chi connectivity index (χ4n) is 4.74. The molecule has 0 bridgehead atoms. The maximum atomic E-state index is 13.4. The molecule has 2 heterocycles. The minimum atomic E-state index is -1.07. The van der Waals surface area contributed by atoms with Gasteiger partial charge in [-0.05, 0) is 57.9 Å². The summed E-state index contributed by atoms with van der Waals surface area (Å²) in [7, 11) is 0. The Morgan fingerprint density at radius 1 is 1.15 bits per heavy atom. The van der Waals surface area contributed by atoms with Crippen molar-refractivity contribution in [3.63, 3.8) is 0 Å². The number of hydrogen-bond donors (Lipinski definition) is 2. The number of fused-ring (bicyclic) bond motifs is 1. The first-order valence-electron chi connectivity index (χ1n) is 11.3. The predicted molar refractivity (Wildman–Crippen MR) is 122 cm³/mol. The van der Waals surface area contributed by atoms with E-state index in [1.54, 1.807) is 35.8 Å². The zero-order valence-corrected chi connectivity index (χ0v) is 19.2. The molecule has 1 fully saturated rings. The van der Waals surface area contributed by atoms with Crippen LogP contribution in [0.25, 0.3) is 0 Å². The van der Waals surface area contributed by atoms with Gasteiger partial charge in [0.2, 0.25) is 5.91 Å². The lowest BCUT2D eigenvalue weighted by Crippen LogP contribution is -2.64. The van der Waals surface area contributed by atoms with E-state index >= 15 is 0 Å². The summed E-state index contributed by atoms with van der Waals surface area (Å²) in [6.07, 6.45) is 5.54. The molecule has 174 valence electrons. The van der Waals surface area contributed by atoms with Crippen LogP contribution in [0.1, 0.15) is 77.8 Å². The van der Waals surface area contributed by atoms with Gasteiger partial charge in [-0.3, -0.25) is 19.2 Å². The first kappa shape index (κ1) is 22.7. The SMILES string of the molecule is CCN1C(=O)c2c(C(=O)Nc3ccc(C(C)=O)cc3)ncn2C[C@]1(C)C(=O)NC1CCCC1. The summed E-state index contributed by atoms with van der Waals surface area (Å²) in [6, 6.07) is 6.64. The third kappa shape index (κ3) is 4.15. The van der Waals surface area contributed by atoms with Crippen LogP contribution in [0.3, 0.4) is 0 Å². The van der Waals surface area contributed by atoms with Crippen molar-refractivity contribution in [1.29, 1.82) is 0 Å². The standard InChI is InChI=1S/C24H29N5O4/c1-4-29-22(32)20-19(21(31)26-18-11-9-16(10-12-18)15(2)30)25-14-28(20)13-24(29,3)23(33)27-17-7-5-6-8-17/h9-12,14,17H,4-8,13H2,1-3H3,(H,26,31)(H,27,33)/t24-/m1/s1. The van der Waals surface area contributed by atoms with Gasteiger partial charge in [0.25, 0.3) is 11.8 Å². The molecule has 1 aliphatic carbocycles. The van der Waals surface area contributed by atoms with Crippen molar-refractivity contribution in [1.82, 2.24) is 19.8 Å². The average molecular weight is 452 g/mol. The number of anilines is 1. The number of rotatable bonds is 6. The topological polar surface area (TPSA) is 113 Å². The number of ketones is 1. The predicted octanol–water partition coefficient (Wildman–Crippen LogP) is 2.63. The summed E-state index contributed by atoms with van der Waals surface area (Å²) in [4.78, 5) is 56.7.